The van der Waals surface area contributed by atoms with Gasteiger partial charge in [0, 0.05) is 17.3 Å². The molecule has 0 aliphatic heterocycles. The summed E-state index contributed by atoms with van der Waals surface area (Å²) in [5.74, 6) is 1.49. The standard InChI is InChI=1S/C14H20FN/c1-9(2)11-7-12(8-11)16-14-6-4-5-13(15)10(14)3/h4-6,9,11-12,16H,7-8H2,1-3H3. The summed E-state index contributed by atoms with van der Waals surface area (Å²) in [6.45, 7) is 6.37. The lowest BCUT2D eigenvalue weighted by Gasteiger charge is -2.39. The third-order valence-corrected chi connectivity index (χ3v) is 3.74. The van der Waals surface area contributed by atoms with Crippen molar-refractivity contribution in [2.24, 2.45) is 11.8 Å². The van der Waals surface area contributed by atoms with Crippen molar-refractivity contribution in [1.82, 2.24) is 0 Å². The van der Waals surface area contributed by atoms with E-state index < -0.39 is 0 Å². The van der Waals surface area contributed by atoms with Gasteiger partial charge in [0.1, 0.15) is 5.82 Å². The maximum Gasteiger partial charge on any atom is 0.128 e. The van der Waals surface area contributed by atoms with Crippen LogP contribution in [0.5, 0.6) is 0 Å². The zero-order valence-corrected chi connectivity index (χ0v) is 10.3. The van der Waals surface area contributed by atoms with Crippen LogP contribution in [-0.4, -0.2) is 6.04 Å². The molecule has 2 heteroatoms. The first-order valence-corrected chi connectivity index (χ1v) is 6.09. The van der Waals surface area contributed by atoms with Gasteiger partial charge in [-0.15, -0.1) is 0 Å². The van der Waals surface area contributed by atoms with E-state index in [1.165, 1.54) is 18.9 Å². The zero-order valence-electron chi connectivity index (χ0n) is 10.3. The van der Waals surface area contributed by atoms with Crippen LogP contribution in [0.4, 0.5) is 10.1 Å². The Morgan fingerprint density at radius 3 is 2.62 bits per heavy atom. The van der Waals surface area contributed by atoms with Gasteiger partial charge in [0.25, 0.3) is 0 Å². The Morgan fingerprint density at radius 2 is 2.00 bits per heavy atom. The first-order valence-electron chi connectivity index (χ1n) is 6.09. The second kappa shape index (κ2) is 4.44. The van der Waals surface area contributed by atoms with E-state index in [0.29, 0.717) is 6.04 Å². The molecule has 1 aliphatic rings. The predicted octanol–water partition coefficient (Wildman–Crippen LogP) is 3.98. The highest BCUT2D eigenvalue weighted by Crippen LogP contribution is 2.36. The van der Waals surface area contributed by atoms with Crippen LogP contribution in [0.2, 0.25) is 0 Å². The minimum atomic E-state index is -0.121. The van der Waals surface area contributed by atoms with Crippen molar-refractivity contribution < 1.29 is 4.39 Å². The fraction of sp³-hybridized carbons (Fsp3) is 0.571. The van der Waals surface area contributed by atoms with E-state index in [2.05, 4.69) is 19.2 Å². The third-order valence-electron chi connectivity index (χ3n) is 3.74. The lowest BCUT2D eigenvalue weighted by Crippen LogP contribution is -2.38. The first kappa shape index (κ1) is 11.4. The van der Waals surface area contributed by atoms with Crippen molar-refractivity contribution >= 4 is 5.69 Å². The molecule has 2 rings (SSSR count). The highest BCUT2D eigenvalue weighted by atomic mass is 19.1. The number of benzene rings is 1. The van der Waals surface area contributed by atoms with E-state index in [9.17, 15) is 4.39 Å². The van der Waals surface area contributed by atoms with Gasteiger partial charge in [-0.1, -0.05) is 19.9 Å². The van der Waals surface area contributed by atoms with Gasteiger partial charge < -0.3 is 5.32 Å². The topological polar surface area (TPSA) is 12.0 Å². The van der Waals surface area contributed by atoms with Crippen molar-refractivity contribution in [2.45, 2.75) is 39.7 Å². The molecule has 1 N–H and O–H groups in total. The van der Waals surface area contributed by atoms with Gasteiger partial charge in [-0.05, 0) is 43.7 Å². The molecule has 0 radical (unpaired) electrons. The Balaban J connectivity index is 1.94. The summed E-state index contributed by atoms with van der Waals surface area (Å²) in [5, 5.41) is 3.43. The van der Waals surface area contributed by atoms with Crippen LogP contribution in [-0.2, 0) is 0 Å². The Morgan fingerprint density at radius 1 is 1.31 bits per heavy atom. The number of hydrogen-bond donors (Lipinski definition) is 1. The minimum Gasteiger partial charge on any atom is -0.382 e. The van der Waals surface area contributed by atoms with Crippen LogP contribution >= 0.6 is 0 Å². The summed E-state index contributed by atoms with van der Waals surface area (Å²) in [6.07, 6.45) is 2.43. The Hall–Kier alpha value is -1.05. The van der Waals surface area contributed by atoms with Crippen LogP contribution in [0.25, 0.3) is 0 Å². The lowest BCUT2D eigenvalue weighted by molar-refractivity contribution is 0.211. The zero-order chi connectivity index (χ0) is 11.7. The van der Waals surface area contributed by atoms with Crippen LogP contribution < -0.4 is 5.32 Å². The second-order valence-electron chi connectivity index (χ2n) is 5.23. The molecule has 0 amide bonds. The molecular weight excluding hydrogens is 201 g/mol. The fourth-order valence-corrected chi connectivity index (χ4v) is 2.31. The number of nitrogens with one attached hydrogen (secondary N) is 1. The van der Waals surface area contributed by atoms with Gasteiger partial charge in [-0.3, -0.25) is 0 Å². The fourth-order valence-electron chi connectivity index (χ4n) is 2.31. The number of hydrogen-bond acceptors (Lipinski definition) is 1. The number of halogens is 1. The average molecular weight is 221 g/mol. The number of anilines is 1. The van der Waals surface area contributed by atoms with E-state index in [1.807, 2.05) is 13.0 Å². The van der Waals surface area contributed by atoms with Crippen LogP contribution in [0.15, 0.2) is 18.2 Å². The SMILES string of the molecule is Cc1c(F)cccc1NC1CC(C(C)C)C1. The highest BCUT2D eigenvalue weighted by molar-refractivity contribution is 5.52. The van der Waals surface area contributed by atoms with Gasteiger partial charge in [-0.2, -0.15) is 0 Å². The molecule has 1 aromatic rings. The summed E-state index contributed by atoms with van der Waals surface area (Å²) in [5.41, 5.74) is 1.68. The van der Waals surface area contributed by atoms with Crippen LogP contribution in [0.3, 0.4) is 0 Å². The molecule has 16 heavy (non-hydrogen) atoms. The maximum absolute atomic E-state index is 13.3. The molecule has 88 valence electrons. The lowest BCUT2D eigenvalue weighted by atomic mass is 9.73. The Labute approximate surface area is 97.1 Å². The molecule has 0 unspecified atom stereocenters. The molecule has 1 fully saturated rings. The normalized spacial score (nSPS) is 24.3. The summed E-state index contributed by atoms with van der Waals surface area (Å²) >= 11 is 0. The van der Waals surface area contributed by atoms with E-state index in [1.54, 1.807) is 6.07 Å². The summed E-state index contributed by atoms with van der Waals surface area (Å²) in [6, 6.07) is 5.77. The first-order chi connectivity index (χ1) is 7.58. The summed E-state index contributed by atoms with van der Waals surface area (Å²) < 4.78 is 13.3. The van der Waals surface area contributed by atoms with Crippen molar-refractivity contribution in [1.29, 1.82) is 0 Å². The van der Waals surface area contributed by atoms with Gasteiger partial charge in [0.05, 0.1) is 0 Å². The van der Waals surface area contributed by atoms with E-state index >= 15 is 0 Å². The molecule has 0 saturated heterocycles. The molecule has 1 aromatic carbocycles. The molecular formula is C14H20FN. The van der Waals surface area contributed by atoms with E-state index in [-0.39, 0.29) is 5.82 Å². The average Bonchev–Trinajstić information content (AvgIpc) is 2.16. The monoisotopic (exact) mass is 221 g/mol. The Kier molecular flexibility index (Phi) is 3.17. The molecule has 0 bridgehead atoms. The van der Waals surface area contributed by atoms with Gasteiger partial charge in [0.2, 0.25) is 0 Å². The molecule has 0 heterocycles. The van der Waals surface area contributed by atoms with Gasteiger partial charge >= 0.3 is 0 Å². The summed E-state index contributed by atoms with van der Waals surface area (Å²) in [7, 11) is 0. The number of rotatable bonds is 3. The molecule has 0 atom stereocenters. The third kappa shape index (κ3) is 2.21. The highest BCUT2D eigenvalue weighted by Gasteiger charge is 2.31. The molecule has 1 saturated carbocycles. The molecule has 0 aromatic heterocycles. The molecule has 0 spiro atoms. The van der Waals surface area contributed by atoms with Gasteiger partial charge in [0.15, 0.2) is 0 Å². The van der Waals surface area contributed by atoms with Gasteiger partial charge in [-0.25, -0.2) is 4.39 Å². The van der Waals surface area contributed by atoms with Crippen LogP contribution in [0, 0.1) is 24.6 Å². The smallest absolute Gasteiger partial charge is 0.128 e. The van der Waals surface area contributed by atoms with Crippen molar-refractivity contribution in [3.63, 3.8) is 0 Å². The van der Waals surface area contributed by atoms with E-state index in [0.717, 1.165) is 23.1 Å². The second-order valence-corrected chi connectivity index (χ2v) is 5.23. The quantitative estimate of drug-likeness (QED) is 0.814. The van der Waals surface area contributed by atoms with Crippen molar-refractivity contribution in [3.8, 4) is 0 Å². The maximum atomic E-state index is 13.3. The van der Waals surface area contributed by atoms with E-state index in [4.69, 9.17) is 0 Å². The minimum absolute atomic E-state index is 0.121. The Bertz CT molecular complexity index is 367. The largest absolute Gasteiger partial charge is 0.382 e. The molecule has 1 nitrogen and oxygen atoms in total. The summed E-state index contributed by atoms with van der Waals surface area (Å²) in [4.78, 5) is 0. The molecule has 1 aliphatic carbocycles. The van der Waals surface area contributed by atoms with Crippen molar-refractivity contribution in [3.05, 3.63) is 29.6 Å². The predicted molar refractivity (Wildman–Crippen MR) is 66.1 cm³/mol. The van der Waals surface area contributed by atoms with Crippen LogP contribution in [0.1, 0.15) is 32.3 Å². The van der Waals surface area contributed by atoms with Crippen molar-refractivity contribution in [2.75, 3.05) is 5.32 Å².